The van der Waals surface area contributed by atoms with Crippen molar-refractivity contribution in [1.82, 2.24) is 0 Å². The molecule has 0 saturated heterocycles. The first-order chi connectivity index (χ1) is 8.72. The Balaban J connectivity index is 2.12. The molecule has 0 aliphatic carbocycles. The highest BCUT2D eigenvalue weighted by molar-refractivity contribution is 7.10. The predicted octanol–water partition coefficient (Wildman–Crippen LogP) is 2.40. The minimum Gasteiger partial charge on any atom is -0.495 e. The number of ether oxygens (including phenoxy) is 1. The fourth-order valence-electron chi connectivity index (χ4n) is 1.56. The molecule has 5 heteroatoms. The highest BCUT2D eigenvalue weighted by atomic mass is 32.1. The van der Waals surface area contributed by atoms with Crippen LogP contribution in [0.2, 0.25) is 0 Å². The smallest absolute Gasteiger partial charge is 0.246 e. The number of para-hydroxylation sites is 2. The van der Waals surface area contributed by atoms with Crippen molar-refractivity contribution in [3.63, 3.8) is 0 Å². The van der Waals surface area contributed by atoms with Gasteiger partial charge >= 0.3 is 0 Å². The van der Waals surface area contributed by atoms with Gasteiger partial charge in [-0.15, -0.1) is 11.3 Å². The third kappa shape index (κ3) is 2.69. The van der Waals surface area contributed by atoms with Crippen molar-refractivity contribution in [3.05, 3.63) is 46.7 Å². The van der Waals surface area contributed by atoms with Crippen LogP contribution < -0.4 is 15.8 Å². The van der Waals surface area contributed by atoms with E-state index in [-0.39, 0.29) is 5.91 Å². The first kappa shape index (κ1) is 12.6. The summed E-state index contributed by atoms with van der Waals surface area (Å²) in [6, 6.07) is 10.3. The summed E-state index contributed by atoms with van der Waals surface area (Å²) in [5.74, 6) is 0.367. The van der Waals surface area contributed by atoms with Gasteiger partial charge in [-0.1, -0.05) is 18.2 Å². The number of nitrogens with two attached hydrogens (primary N) is 1. The number of carbonyl (C=O) groups is 1. The van der Waals surface area contributed by atoms with Gasteiger partial charge in [-0.3, -0.25) is 4.79 Å². The van der Waals surface area contributed by atoms with Gasteiger partial charge in [-0.25, -0.2) is 0 Å². The van der Waals surface area contributed by atoms with Crippen LogP contribution in [0.5, 0.6) is 5.75 Å². The molecule has 1 aromatic carbocycles. The van der Waals surface area contributed by atoms with Gasteiger partial charge in [-0.2, -0.15) is 0 Å². The fourth-order valence-corrected chi connectivity index (χ4v) is 2.28. The zero-order valence-corrected chi connectivity index (χ0v) is 10.7. The molecule has 0 saturated carbocycles. The topological polar surface area (TPSA) is 64.3 Å². The lowest BCUT2D eigenvalue weighted by molar-refractivity contribution is -0.117. The molecule has 1 atom stereocenters. The number of rotatable bonds is 4. The maximum atomic E-state index is 12.0. The maximum absolute atomic E-state index is 12.0. The quantitative estimate of drug-likeness (QED) is 0.889. The van der Waals surface area contributed by atoms with Crippen LogP contribution in [0.1, 0.15) is 10.9 Å². The van der Waals surface area contributed by atoms with Crippen LogP contribution in [-0.2, 0) is 4.79 Å². The molecule has 0 radical (unpaired) electrons. The van der Waals surface area contributed by atoms with E-state index in [9.17, 15) is 4.79 Å². The van der Waals surface area contributed by atoms with E-state index in [0.29, 0.717) is 11.4 Å². The van der Waals surface area contributed by atoms with E-state index in [0.717, 1.165) is 4.88 Å². The van der Waals surface area contributed by atoms with Gasteiger partial charge in [0.25, 0.3) is 0 Å². The zero-order chi connectivity index (χ0) is 13.0. The number of amides is 1. The zero-order valence-electron chi connectivity index (χ0n) is 9.92. The number of hydrogen-bond acceptors (Lipinski definition) is 4. The normalized spacial score (nSPS) is 11.9. The molecule has 0 fully saturated rings. The third-order valence-corrected chi connectivity index (χ3v) is 3.45. The largest absolute Gasteiger partial charge is 0.495 e. The van der Waals surface area contributed by atoms with Crippen molar-refractivity contribution >= 4 is 22.9 Å². The molecule has 0 bridgehead atoms. The van der Waals surface area contributed by atoms with Gasteiger partial charge in [0.1, 0.15) is 11.8 Å². The summed E-state index contributed by atoms with van der Waals surface area (Å²) in [4.78, 5) is 12.8. The van der Waals surface area contributed by atoms with E-state index in [1.807, 2.05) is 29.6 Å². The first-order valence-electron chi connectivity index (χ1n) is 5.45. The Kier molecular flexibility index (Phi) is 3.96. The van der Waals surface area contributed by atoms with Gasteiger partial charge in [-0.05, 0) is 23.6 Å². The molecule has 0 aliphatic rings. The van der Waals surface area contributed by atoms with E-state index in [1.54, 1.807) is 19.2 Å². The summed E-state index contributed by atoms with van der Waals surface area (Å²) in [5.41, 5.74) is 6.50. The number of thiophene rings is 1. The van der Waals surface area contributed by atoms with Crippen molar-refractivity contribution in [1.29, 1.82) is 0 Å². The van der Waals surface area contributed by atoms with E-state index in [1.165, 1.54) is 11.3 Å². The van der Waals surface area contributed by atoms with Crippen molar-refractivity contribution < 1.29 is 9.53 Å². The maximum Gasteiger partial charge on any atom is 0.246 e. The number of anilines is 1. The molecular weight excluding hydrogens is 248 g/mol. The molecule has 3 N–H and O–H groups in total. The van der Waals surface area contributed by atoms with Crippen LogP contribution in [0.4, 0.5) is 5.69 Å². The molecule has 2 aromatic rings. The monoisotopic (exact) mass is 262 g/mol. The average molecular weight is 262 g/mol. The number of nitrogens with one attached hydrogen (secondary N) is 1. The summed E-state index contributed by atoms with van der Waals surface area (Å²) in [6.07, 6.45) is 0. The molecule has 1 heterocycles. The Bertz CT molecular complexity index is 526. The summed E-state index contributed by atoms with van der Waals surface area (Å²) < 4.78 is 5.16. The highest BCUT2D eigenvalue weighted by Crippen LogP contribution is 2.25. The Labute approximate surface area is 109 Å². The lowest BCUT2D eigenvalue weighted by Crippen LogP contribution is -2.27. The number of benzene rings is 1. The van der Waals surface area contributed by atoms with Crippen LogP contribution >= 0.6 is 11.3 Å². The Hall–Kier alpha value is -1.85. The van der Waals surface area contributed by atoms with Crippen molar-refractivity contribution in [3.8, 4) is 5.75 Å². The summed E-state index contributed by atoms with van der Waals surface area (Å²) in [5, 5.41) is 4.66. The first-order valence-corrected chi connectivity index (χ1v) is 6.33. The second kappa shape index (κ2) is 5.66. The Morgan fingerprint density at radius 1 is 1.33 bits per heavy atom. The van der Waals surface area contributed by atoms with Gasteiger partial charge < -0.3 is 15.8 Å². The van der Waals surface area contributed by atoms with Crippen LogP contribution in [0.25, 0.3) is 0 Å². The van der Waals surface area contributed by atoms with Crippen LogP contribution in [0.3, 0.4) is 0 Å². The van der Waals surface area contributed by atoms with Crippen LogP contribution in [0, 0.1) is 0 Å². The van der Waals surface area contributed by atoms with E-state index >= 15 is 0 Å². The van der Waals surface area contributed by atoms with Gasteiger partial charge in [0, 0.05) is 4.88 Å². The number of methoxy groups -OCH3 is 1. The molecule has 4 nitrogen and oxygen atoms in total. The van der Waals surface area contributed by atoms with Gasteiger partial charge in [0.2, 0.25) is 5.91 Å². The predicted molar refractivity (Wildman–Crippen MR) is 72.9 cm³/mol. The second-order valence-corrected chi connectivity index (χ2v) is 4.66. The minimum atomic E-state index is -0.657. The number of carbonyl (C=O) groups excluding carboxylic acids is 1. The van der Waals surface area contributed by atoms with Crippen LogP contribution in [-0.4, -0.2) is 13.0 Å². The second-order valence-electron chi connectivity index (χ2n) is 3.68. The summed E-state index contributed by atoms with van der Waals surface area (Å²) in [6.45, 7) is 0. The Morgan fingerprint density at radius 2 is 2.11 bits per heavy atom. The fraction of sp³-hybridized carbons (Fsp3) is 0.154. The van der Waals surface area contributed by atoms with Crippen molar-refractivity contribution in [2.45, 2.75) is 6.04 Å². The summed E-state index contributed by atoms with van der Waals surface area (Å²) >= 11 is 1.46. The molecule has 1 unspecified atom stereocenters. The summed E-state index contributed by atoms with van der Waals surface area (Å²) in [7, 11) is 1.56. The molecule has 1 amide bonds. The molecule has 18 heavy (non-hydrogen) atoms. The molecule has 94 valence electrons. The minimum absolute atomic E-state index is 0.248. The molecule has 1 aromatic heterocycles. The molecule has 2 rings (SSSR count). The van der Waals surface area contributed by atoms with E-state index in [2.05, 4.69) is 5.32 Å². The van der Waals surface area contributed by atoms with Crippen LogP contribution in [0.15, 0.2) is 41.8 Å². The lowest BCUT2D eigenvalue weighted by atomic mass is 10.2. The third-order valence-electron chi connectivity index (χ3n) is 2.50. The lowest BCUT2D eigenvalue weighted by Gasteiger charge is -2.13. The van der Waals surface area contributed by atoms with Gasteiger partial charge in [0.05, 0.1) is 12.8 Å². The van der Waals surface area contributed by atoms with E-state index in [4.69, 9.17) is 10.5 Å². The molecular formula is C13H14N2O2S. The van der Waals surface area contributed by atoms with Gasteiger partial charge in [0.15, 0.2) is 0 Å². The van der Waals surface area contributed by atoms with Crippen molar-refractivity contribution in [2.24, 2.45) is 5.73 Å². The molecule has 0 aliphatic heterocycles. The Morgan fingerprint density at radius 3 is 2.78 bits per heavy atom. The highest BCUT2D eigenvalue weighted by Gasteiger charge is 2.17. The average Bonchev–Trinajstić information content (AvgIpc) is 2.92. The van der Waals surface area contributed by atoms with E-state index < -0.39 is 6.04 Å². The standard InChI is InChI=1S/C13H14N2O2S/c1-17-10-6-3-2-5-9(10)15-13(16)12(14)11-7-4-8-18-11/h2-8,12H,14H2,1H3,(H,15,16). The SMILES string of the molecule is COc1ccccc1NC(=O)C(N)c1cccs1. The number of hydrogen-bond donors (Lipinski definition) is 2. The van der Waals surface area contributed by atoms with Crippen molar-refractivity contribution in [2.75, 3.05) is 12.4 Å². The molecule has 0 spiro atoms.